The monoisotopic (exact) mass is 329 g/mol. The zero-order valence-electron chi connectivity index (χ0n) is 9.14. The number of hydrogen-bond donors (Lipinski definition) is 0. The maximum Gasteiger partial charge on any atom is 0.419 e. The number of nitrogens with zero attached hydrogens (tertiary/aromatic N) is 1. The van der Waals surface area contributed by atoms with E-state index in [-0.39, 0.29) is 15.8 Å². The average molecular weight is 330 g/mol. The molecule has 0 N–H and O–H groups in total. The van der Waals surface area contributed by atoms with Gasteiger partial charge in [0.05, 0.1) is 33.5 Å². The van der Waals surface area contributed by atoms with Crippen LogP contribution in [0.25, 0.3) is 10.2 Å². The summed E-state index contributed by atoms with van der Waals surface area (Å²) in [6, 6.07) is 0. The summed E-state index contributed by atoms with van der Waals surface area (Å²) in [5.74, 6) is -0.787. The third-order valence-corrected chi connectivity index (χ3v) is 4.02. The summed E-state index contributed by atoms with van der Waals surface area (Å²) in [7, 11) is 1.12. The molecule has 0 amide bonds. The quantitative estimate of drug-likeness (QED) is 0.574. The lowest BCUT2D eigenvalue weighted by Crippen LogP contribution is -2.08. The number of fused-ring (bicyclic) bond motifs is 1. The van der Waals surface area contributed by atoms with Crippen LogP contribution in [0.3, 0.4) is 0 Å². The van der Waals surface area contributed by atoms with Crippen LogP contribution in [0.4, 0.5) is 13.2 Å². The first-order chi connectivity index (χ1) is 8.77. The molecule has 0 aliphatic heterocycles. The highest BCUT2D eigenvalue weighted by atomic mass is 35.5. The van der Waals surface area contributed by atoms with Crippen LogP contribution in [0.15, 0.2) is 5.38 Å². The third-order valence-electron chi connectivity index (χ3n) is 2.29. The van der Waals surface area contributed by atoms with Gasteiger partial charge in [-0.2, -0.15) is 13.2 Å². The Bertz CT molecular complexity index is 669. The van der Waals surface area contributed by atoms with Crippen molar-refractivity contribution in [2.75, 3.05) is 7.11 Å². The molecule has 2 aromatic heterocycles. The molecule has 0 radical (unpaired) electrons. The molecule has 0 unspecified atom stereocenters. The number of aromatic nitrogens is 1. The van der Waals surface area contributed by atoms with Crippen LogP contribution in [-0.2, 0) is 10.9 Å². The summed E-state index contributed by atoms with van der Waals surface area (Å²) in [5.41, 5.74) is -1.34. The predicted molar refractivity (Wildman–Crippen MR) is 66.0 cm³/mol. The van der Waals surface area contributed by atoms with Crippen LogP contribution in [0.2, 0.25) is 10.2 Å². The Labute approximate surface area is 118 Å². The number of rotatable bonds is 1. The fourth-order valence-corrected chi connectivity index (χ4v) is 3.02. The van der Waals surface area contributed by atoms with E-state index in [0.29, 0.717) is 11.3 Å². The van der Waals surface area contributed by atoms with E-state index in [2.05, 4.69) is 9.72 Å². The molecule has 0 spiro atoms. The average Bonchev–Trinajstić information content (AvgIpc) is 2.70. The first-order valence-corrected chi connectivity index (χ1v) is 6.32. The van der Waals surface area contributed by atoms with Crippen molar-refractivity contribution in [3.05, 3.63) is 26.7 Å². The zero-order chi connectivity index (χ0) is 14.4. The van der Waals surface area contributed by atoms with Crippen LogP contribution in [-0.4, -0.2) is 18.1 Å². The number of carbonyl (C=O) groups is 1. The molecule has 0 atom stereocenters. The van der Waals surface area contributed by atoms with Crippen LogP contribution < -0.4 is 0 Å². The fraction of sp³-hybridized carbons (Fsp3) is 0.200. The Hall–Kier alpha value is -1.05. The number of halogens is 5. The van der Waals surface area contributed by atoms with Gasteiger partial charge in [0.1, 0.15) is 5.15 Å². The molecule has 0 aliphatic rings. The highest BCUT2D eigenvalue weighted by Gasteiger charge is 2.38. The number of carbonyl (C=O) groups excluding carboxylic acids is 1. The molecule has 19 heavy (non-hydrogen) atoms. The SMILES string of the molecule is COC(=O)c1csc2c(C(F)(F)F)c(Cl)c(Cl)nc12. The number of hydrogen-bond acceptors (Lipinski definition) is 4. The van der Waals surface area contributed by atoms with Gasteiger partial charge >= 0.3 is 12.1 Å². The van der Waals surface area contributed by atoms with Gasteiger partial charge in [0.15, 0.2) is 0 Å². The van der Waals surface area contributed by atoms with Crippen molar-refractivity contribution in [1.82, 2.24) is 4.98 Å². The molecule has 0 saturated heterocycles. The second-order valence-electron chi connectivity index (χ2n) is 3.41. The number of ether oxygens (including phenoxy) is 1. The topological polar surface area (TPSA) is 39.2 Å². The predicted octanol–water partition coefficient (Wildman–Crippen LogP) is 4.41. The summed E-state index contributed by atoms with van der Waals surface area (Å²) in [6.07, 6.45) is -4.69. The number of pyridine rings is 1. The highest BCUT2D eigenvalue weighted by molar-refractivity contribution is 7.17. The maximum absolute atomic E-state index is 13.0. The lowest BCUT2D eigenvalue weighted by molar-refractivity contribution is -0.136. The summed E-state index contributed by atoms with van der Waals surface area (Å²) in [5, 5.41) is 0.0377. The Morgan fingerprint density at radius 1 is 1.42 bits per heavy atom. The van der Waals surface area contributed by atoms with E-state index in [1.54, 1.807) is 0 Å². The van der Waals surface area contributed by atoms with Crippen molar-refractivity contribution in [2.24, 2.45) is 0 Å². The van der Waals surface area contributed by atoms with Gasteiger partial charge in [0, 0.05) is 5.38 Å². The van der Waals surface area contributed by atoms with Gasteiger partial charge in [-0.05, 0) is 0 Å². The van der Waals surface area contributed by atoms with E-state index in [9.17, 15) is 18.0 Å². The number of thiophene rings is 1. The van der Waals surface area contributed by atoms with E-state index in [0.717, 1.165) is 7.11 Å². The summed E-state index contributed by atoms with van der Waals surface area (Å²) in [4.78, 5) is 15.2. The molecule has 0 saturated carbocycles. The van der Waals surface area contributed by atoms with E-state index in [1.165, 1.54) is 5.38 Å². The van der Waals surface area contributed by atoms with Crippen molar-refractivity contribution in [2.45, 2.75) is 6.18 Å². The molecule has 102 valence electrons. The molecular weight excluding hydrogens is 326 g/mol. The van der Waals surface area contributed by atoms with Crippen LogP contribution in [0.5, 0.6) is 0 Å². The normalized spacial score (nSPS) is 11.9. The Balaban J connectivity index is 2.86. The minimum absolute atomic E-state index is 0.0773. The van der Waals surface area contributed by atoms with E-state index in [4.69, 9.17) is 23.2 Å². The number of methoxy groups -OCH3 is 1. The zero-order valence-corrected chi connectivity index (χ0v) is 11.5. The Kier molecular flexibility index (Phi) is 3.63. The first kappa shape index (κ1) is 14.4. The smallest absolute Gasteiger partial charge is 0.419 e. The van der Waals surface area contributed by atoms with Crippen molar-refractivity contribution in [1.29, 1.82) is 0 Å². The van der Waals surface area contributed by atoms with Gasteiger partial charge in [-0.25, -0.2) is 9.78 Å². The molecule has 2 rings (SSSR count). The Morgan fingerprint density at radius 3 is 2.58 bits per heavy atom. The van der Waals surface area contributed by atoms with Crippen molar-refractivity contribution in [3.63, 3.8) is 0 Å². The minimum atomic E-state index is -4.69. The van der Waals surface area contributed by atoms with Gasteiger partial charge < -0.3 is 4.74 Å². The first-order valence-electron chi connectivity index (χ1n) is 4.69. The van der Waals surface area contributed by atoms with E-state index >= 15 is 0 Å². The lowest BCUT2D eigenvalue weighted by Gasteiger charge is -2.10. The van der Waals surface area contributed by atoms with Crippen molar-refractivity contribution < 1.29 is 22.7 Å². The van der Waals surface area contributed by atoms with Gasteiger partial charge in [0.25, 0.3) is 0 Å². The van der Waals surface area contributed by atoms with E-state index < -0.39 is 27.9 Å². The second-order valence-corrected chi connectivity index (χ2v) is 5.02. The van der Waals surface area contributed by atoms with Crippen LogP contribution >= 0.6 is 34.5 Å². The van der Waals surface area contributed by atoms with Crippen molar-refractivity contribution >= 4 is 50.7 Å². The number of esters is 1. The Morgan fingerprint density at radius 2 is 2.05 bits per heavy atom. The molecule has 0 fully saturated rings. The third kappa shape index (κ3) is 2.37. The fourth-order valence-electron chi connectivity index (χ4n) is 1.50. The van der Waals surface area contributed by atoms with Crippen LogP contribution in [0, 0.1) is 0 Å². The lowest BCUT2D eigenvalue weighted by atomic mass is 10.2. The molecule has 2 aromatic rings. The molecule has 3 nitrogen and oxygen atoms in total. The molecular formula is C10H4Cl2F3NO2S. The largest absolute Gasteiger partial charge is 0.465 e. The second kappa shape index (κ2) is 4.81. The van der Waals surface area contributed by atoms with Gasteiger partial charge in [-0.1, -0.05) is 23.2 Å². The van der Waals surface area contributed by atoms with E-state index in [1.807, 2.05) is 0 Å². The minimum Gasteiger partial charge on any atom is -0.465 e. The van der Waals surface area contributed by atoms with Crippen molar-refractivity contribution in [3.8, 4) is 0 Å². The standard InChI is InChI=1S/C10H4Cl2F3NO2S/c1-18-9(17)3-2-19-7-4(10(13,14)15)5(11)8(12)16-6(3)7/h2H,1H3. The van der Waals surface area contributed by atoms with Gasteiger partial charge in [0.2, 0.25) is 0 Å². The summed E-state index contributed by atoms with van der Waals surface area (Å²) < 4.78 is 43.1. The van der Waals surface area contributed by atoms with Gasteiger partial charge in [-0.15, -0.1) is 11.3 Å². The molecule has 0 aliphatic carbocycles. The summed E-state index contributed by atoms with van der Waals surface area (Å²) in [6.45, 7) is 0. The van der Waals surface area contributed by atoms with Gasteiger partial charge in [-0.3, -0.25) is 0 Å². The van der Waals surface area contributed by atoms with Crippen LogP contribution in [0.1, 0.15) is 15.9 Å². The highest BCUT2D eigenvalue weighted by Crippen LogP contribution is 2.44. The maximum atomic E-state index is 13.0. The molecule has 9 heteroatoms. The molecule has 0 bridgehead atoms. The molecule has 2 heterocycles. The molecule has 0 aromatic carbocycles. The summed E-state index contributed by atoms with van der Waals surface area (Å²) >= 11 is 11.8. The number of alkyl halides is 3.